The monoisotopic (exact) mass is 416 g/mol. The minimum atomic E-state index is -0.340. The second-order valence-corrected chi connectivity index (χ2v) is 7.88. The van der Waals surface area contributed by atoms with E-state index in [4.69, 9.17) is 4.74 Å². The van der Waals surface area contributed by atoms with E-state index in [1.54, 1.807) is 22.8 Å². The molecule has 2 aliphatic heterocycles. The van der Waals surface area contributed by atoms with E-state index in [-0.39, 0.29) is 48.5 Å². The third-order valence-corrected chi connectivity index (χ3v) is 6.02. The molecule has 1 aromatic heterocycles. The fraction of sp³-hybridized carbons (Fsp3) is 0.524. The molecule has 0 unspecified atom stereocenters. The number of hydrogen-bond donors (Lipinski definition) is 0. The normalized spacial score (nSPS) is 23.1. The number of nitrogens with zero attached hydrogens (tertiary/aromatic N) is 4. The first kappa shape index (κ1) is 20.5. The van der Waals surface area contributed by atoms with Crippen LogP contribution in [0.25, 0.3) is 0 Å². The Kier molecular flexibility index (Phi) is 5.80. The van der Waals surface area contributed by atoms with Crippen molar-refractivity contribution in [3.63, 3.8) is 0 Å². The van der Waals surface area contributed by atoms with E-state index >= 15 is 0 Å². The standard InChI is InChI=1S/C21H25FN4O4/c1-3-29-12-20(28)26-10-15-9-25(19(27)8-18-13(2)23-30-24-18)11-17(15)21(26)14-5-4-6-16(22)7-14/h4-7,15,17,21H,3,8-12H2,1-2H3/t15-,17-,21+/m0/s1. The fourth-order valence-electron chi connectivity index (χ4n) is 4.56. The summed E-state index contributed by atoms with van der Waals surface area (Å²) < 4.78 is 23.9. The number of fused-ring (bicyclic) bond motifs is 1. The average molecular weight is 416 g/mol. The van der Waals surface area contributed by atoms with Crippen molar-refractivity contribution in [1.29, 1.82) is 0 Å². The van der Waals surface area contributed by atoms with Gasteiger partial charge in [0.25, 0.3) is 0 Å². The molecule has 2 aromatic rings. The third kappa shape index (κ3) is 3.94. The minimum absolute atomic E-state index is 0.00281. The number of carbonyl (C=O) groups excluding carboxylic acids is 2. The van der Waals surface area contributed by atoms with E-state index in [1.807, 2.05) is 13.0 Å². The Hall–Kier alpha value is -2.81. The molecular weight excluding hydrogens is 391 g/mol. The summed E-state index contributed by atoms with van der Waals surface area (Å²) in [6.07, 6.45) is 0.131. The SMILES string of the molecule is CCOCC(=O)N1C[C@@H]2CN(C(=O)Cc3nonc3C)C[C@@H]2[C@H]1c1cccc(F)c1. The maximum atomic E-state index is 13.9. The van der Waals surface area contributed by atoms with Gasteiger partial charge in [-0.1, -0.05) is 22.4 Å². The summed E-state index contributed by atoms with van der Waals surface area (Å²) >= 11 is 0. The van der Waals surface area contributed by atoms with Gasteiger partial charge in [-0.2, -0.15) is 0 Å². The highest BCUT2D eigenvalue weighted by Gasteiger charge is 2.50. The Bertz CT molecular complexity index is 933. The second kappa shape index (κ2) is 8.51. The first-order valence-electron chi connectivity index (χ1n) is 10.2. The predicted octanol–water partition coefficient (Wildman–Crippen LogP) is 1.75. The van der Waals surface area contributed by atoms with E-state index < -0.39 is 0 Å². The van der Waals surface area contributed by atoms with Gasteiger partial charge in [0.1, 0.15) is 23.8 Å². The van der Waals surface area contributed by atoms with Crippen molar-refractivity contribution in [2.75, 3.05) is 32.8 Å². The van der Waals surface area contributed by atoms with Crippen molar-refractivity contribution in [1.82, 2.24) is 20.1 Å². The number of halogens is 1. The Morgan fingerprint density at radius 1 is 1.23 bits per heavy atom. The van der Waals surface area contributed by atoms with Crippen LogP contribution in [0, 0.1) is 24.6 Å². The molecule has 0 aliphatic carbocycles. The van der Waals surface area contributed by atoms with Crippen molar-refractivity contribution in [2.24, 2.45) is 11.8 Å². The fourth-order valence-corrected chi connectivity index (χ4v) is 4.56. The van der Waals surface area contributed by atoms with Crippen molar-refractivity contribution >= 4 is 11.8 Å². The van der Waals surface area contributed by atoms with Crippen LogP contribution in [0.4, 0.5) is 4.39 Å². The van der Waals surface area contributed by atoms with E-state index in [9.17, 15) is 14.0 Å². The molecule has 4 rings (SSSR count). The van der Waals surface area contributed by atoms with Crippen LogP contribution < -0.4 is 0 Å². The number of ether oxygens (including phenoxy) is 1. The number of carbonyl (C=O) groups is 2. The largest absolute Gasteiger partial charge is 0.372 e. The molecule has 0 radical (unpaired) electrons. The van der Waals surface area contributed by atoms with Gasteiger partial charge in [0.15, 0.2) is 0 Å². The smallest absolute Gasteiger partial charge is 0.249 e. The number of amides is 2. The Morgan fingerprint density at radius 3 is 2.77 bits per heavy atom. The maximum Gasteiger partial charge on any atom is 0.249 e. The number of hydrogen-bond acceptors (Lipinski definition) is 6. The molecule has 3 atom stereocenters. The molecule has 30 heavy (non-hydrogen) atoms. The summed E-state index contributed by atoms with van der Waals surface area (Å²) in [6, 6.07) is 6.07. The molecule has 0 saturated carbocycles. The molecule has 0 spiro atoms. The summed E-state index contributed by atoms with van der Waals surface area (Å²) in [6.45, 7) is 5.63. The predicted molar refractivity (Wildman–Crippen MR) is 104 cm³/mol. The van der Waals surface area contributed by atoms with Gasteiger partial charge in [-0.15, -0.1) is 0 Å². The van der Waals surface area contributed by atoms with Crippen LogP contribution in [0.1, 0.15) is 29.9 Å². The van der Waals surface area contributed by atoms with Crippen LogP contribution in [0.3, 0.4) is 0 Å². The molecule has 8 nitrogen and oxygen atoms in total. The number of rotatable bonds is 6. The lowest BCUT2D eigenvalue weighted by Crippen LogP contribution is -2.39. The van der Waals surface area contributed by atoms with Gasteiger partial charge in [-0.25, -0.2) is 9.02 Å². The van der Waals surface area contributed by atoms with Crippen molar-refractivity contribution in [3.8, 4) is 0 Å². The molecule has 1 aromatic carbocycles. The van der Waals surface area contributed by atoms with Crippen LogP contribution in [0.5, 0.6) is 0 Å². The summed E-state index contributed by atoms with van der Waals surface area (Å²) in [4.78, 5) is 29.2. The maximum absolute atomic E-state index is 13.9. The minimum Gasteiger partial charge on any atom is -0.372 e. The van der Waals surface area contributed by atoms with Crippen LogP contribution in [0.2, 0.25) is 0 Å². The molecule has 0 N–H and O–H groups in total. The summed E-state index contributed by atoms with van der Waals surface area (Å²) in [5.74, 6) is -0.327. The van der Waals surface area contributed by atoms with E-state index in [0.29, 0.717) is 37.6 Å². The zero-order valence-electron chi connectivity index (χ0n) is 17.1. The lowest BCUT2D eigenvalue weighted by Gasteiger charge is -2.30. The molecule has 2 fully saturated rings. The first-order chi connectivity index (χ1) is 14.5. The number of likely N-dealkylation sites (tertiary alicyclic amines) is 2. The quantitative estimate of drug-likeness (QED) is 0.713. The lowest BCUT2D eigenvalue weighted by atomic mass is 9.89. The van der Waals surface area contributed by atoms with Crippen molar-refractivity contribution in [3.05, 3.63) is 47.0 Å². The van der Waals surface area contributed by atoms with Gasteiger partial charge in [-0.05, 0) is 31.5 Å². The Morgan fingerprint density at radius 2 is 2.07 bits per heavy atom. The topological polar surface area (TPSA) is 88.8 Å². The molecule has 2 amide bonds. The van der Waals surface area contributed by atoms with Gasteiger partial charge in [-0.3, -0.25) is 9.59 Å². The second-order valence-electron chi connectivity index (χ2n) is 7.88. The summed E-state index contributed by atoms with van der Waals surface area (Å²) in [5, 5.41) is 7.51. The lowest BCUT2D eigenvalue weighted by molar-refractivity contribution is -0.137. The van der Waals surface area contributed by atoms with E-state index in [0.717, 1.165) is 5.56 Å². The summed E-state index contributed by atoms with van der Waals surface area (Å²) in [5.41, 5.74) is 1.89. The highest BCUT2D eigenvalue weighted by Crippen LogP contribution is 2.45. The van der Waals surface area contributed by atoms with E-state index in [2.05, 4.69) is 14.9 Å². The molecular formula is C21H25FN4O4. The molecule has 2 aliphatic rings. The first-order valence-corrected chi connectivity index (χ1v) is 10.2. The highest BCUT2D eigenvalue weighted by atomic mass is 19.1. The zero-order chi connectivity index (χ0) is 21.3. The van der Waals surface area contributed by atoms with E-state index in [1.165, 1.54) is 12.1 Å². The zero-order valence-corrected chi connectivity index (χ0v) is 17.1. The van der Waals surface area contributed by atoms with Crippen LogP contribution in [-0.2, 0) is 20.7 Å². The van der Waals surface area contributed by atoms with Crippen LogP contribution in [-0.4, -0.2) is 64.8 Å². The van der Waals surface area contributed by atoms with Gasteiger partial charge in [0.2, 0.25) is 11.8 Å². The Labute approximate surface area is 173 Å². The number of aromatic nitrogens is 2. The number of aryl methyl sites for hydroxylation is 1. The van der Waals surface area contributed by atoms with Gasteiger partial charge >= 0.3 is 0 Å². The number of benzene rings is 1. The molecule has 0 bridgehead atoms. The molecule has 9 heteroatoms. The highest BCUT2D eigenvalue weighted by molar-refractivity contribution is 5.80. The average Bonchev–Trinajstić information content (AvgIpc) is 3.40. The third-order valence-electron chi connectivity index (χ3n) is 6.02. The summed E-state index contributed by atoms with van der Waals surface area (Å²) in [7, 11) is 0. The van der Waals surface area contributed by atoms with Gasteiger partial charge < -0.3 is 14.5 Å². The molecule has 2 saturated heterocycles. The van der Waals surface area contributed by atoms with Gasteiger partial charge in [0.05, 0.1) is 12.5 Å². The molecule has 3 heterocycles. The van der Waals surface area contributed by atoms with Gasteiger partial charge in [0, 0.05) is 38.1 Å². The van der Waals surface area contributed by atoms with Crippen molar-refractivity contribution in [2.45, 2.75) is 26.3 Å². The van der Waals surface area contributed by atoms with Crippen molar-refractivity contribution < 1.29 is 23.3 Å². The Balaban J connectivity index is 1.53. The van der Waals surface area contributed by atoms with Crippen LogP contribution >= 0.6 is 0 Å². The molecule has 160 valence electrons. The van der Waals surface area contributed by atoms with Crippen LogP contribution in [0.15, 0.2) is 28.9 Å².